The third-order valence-corrected chi connectivity index (χ3v) is 1.04. The van der Waals surface area contributed by atoms with Gasteiger partial charge in [0.2, 0.25) is 0 Å². The van der Waals surface area contributed by atoms with Crippen molar-refractivity contribution >= 4 is 0 Å². The van der Waals surface area contributed by atoms with E-state index in [9.17, 15) is 0 Å². The zero-order valence-electron chi connectivity index (χ0n) is 6.09. The van der Waals surface area contributed by atoms with Crippen molar-refractivity contribution in [3.63, 3.8) is 0 Å². The Morgan fingerprint density at radius 2 is 2.22 bits per heavy atom. The van der Waals surface area contributed by atoms with E-state index < -0.39 is 0 Å². The average molecular weight is 126 g/mol. The van der Waals surface area contributed by atoms with E-state index in [1.165, 1.54) is 5.57 Å². The van der Waals surface area contributed by atoms with E-state index in [0.717, 1.165) is 0 Å². The quantitative estimate of drug-likeness (QED) is 0.572. The highest BCUT2D eigenvalue weighted by molar-refractivity contribution is 4.96. The third kappa shape index (κ3) is 5.31. The number of aliphatic hydroxyl groups is 1. The van der Waals surface area contributed by atoms with Gasteiger partial charge in [-0.3, -0.25) is 0 Å². The van der Waals surface area contributed by atoms with Crippen molar-refractivity contribution in [2.24, 2.45) is 0 Å². The summed E-state index contributed by atoms with van der Waals surface area (Å²) >= 11 is 0. The zero-order valence-corrected chi connectivity index (χ0v) is 6.09. The minimum Gasteiger partial charge on any atom is -0.389 e. The summed E-state index contributed by atoms with van der Waals surface area (Å²) in [5.74, 6) is 0. The molecule has 0 fully saturated rings. The van der Waals surface area contributed by atoms with Crippen molar-refractivity contribution < 1.29 is 5.11 Å². The maximum absolute atomic E-state index is 8.94. The Bertz CT molecular complexity index is 110. The smallest absolute Gasteiger partial charge is 0.0752 e. The van der Waals surface area contributed by atoms with Gasteiger partial charge in [0.25, 0.3) is 0 Å². The van der Waals surface area contributed by atoms with E-state index in [1.807, 2.05) is 19.9 Å². The molecule has 1 nitrogen and oxygen atoms in total. The minimum absolute atomic E-state index is 0.375. The second-order valence-corrected chi connectivity index (χ2v) is 2.32. The highest BCUT2D eigenvalue weighted by Crippen LogP contribution is 1.97. The first kappa shape index (κ1) is 8.44. The summed E-state index contributed by atoms with van der Waals surface area (Å²) in [5, 5.41) is 8.94. The second-order valence-electron chi connectivity index (χ2n) is 2.32. The summed E-state index contributed by atoms with van der Waals surface area (Å²) in [7, 11) is 0. The summed E-state index contributed by atoms with van der Waals surface area (Å²) in [4.78, 5) is 0. The first-order chi connectivity index (χ1) is 4.16. The lowest BCUT2D eigenvalue weighted by Crippen LogP contribution is -1.98. The molecule has 0 spiro atoms. The van der Waals surface area contributed by atoms with Crippen LogP contribution in [0.1, 0.15) is 20.3 Å². The highest BCUT2D eigenvalue weighted by atomic mass is 16.3. The highest BCUT2D eigenvalue weighted by Gasteiger charge is 1.91. The number of hydrogen-bond donors (Lipinski definition) is 1. The maximum Gasteiger partial charge on any atom is 0.0752 e. The van der Waals surface area contributed by atoms with E-state index in [4.69, 9.17) is 5.11 Å². The molecule has 1 N–H and O–H groups in total. The molecule has 0 aliphatic carbocycles. The van der Waals surface area contributed by atoms with Crippen molar-refractivity contribution in [1.82, 2.24) is 0 Å². The maximum atomic E-state index is 8.94. The van der Waals surface area contributed by atoms with E-state index in [-0.39, 0.29) is 6.10 Å². The Balaban J connectivity index is 3.49. The van der Waals surface area contributed by atoms with Gasteiger partial charge < -0.3 is 5.11 Å². The summed E-state index contributed by atoms with van der Waals surface area (Å²) in [6.07, 6.45) is 3.84. The van der Waals surface area contributed by atoms with Gasteiger partial charge in [0.1, 0.15) is 0 Å². The van der Waals surface area contributed by atoms with Crippen LogP contribution in [0.15, 0.2) is 24.3 Å². The van der Waals surface area contributed by atoms with Crippen LogP contribution >= 0.6 is 0 Å². The topological polar surface area (TPSA) is 20.2 Å². The summed E-state index contributed by atoms with van der Waals surface area (Å²) in [6, 6.07) is 0. The second kappa shape index (κ2) is 4.33. The molecule has 52 valence electrons. The van der Waals surface area contributed by atoms with Gasteiger partial charge in [-0.15, -0.1) is 6.58 Å². The van der Waals surface area contributed by atoms with Crippen molar-refractivity contribution in [3.8, 4) is 0 Å². The summed E-state index contributed by atoms with van der Waals surface area (Å²) in [5.41, 5.74) is 1.23. The fourth-order valence-electron chi connectivity index (χ4n) is 0.453. The standard InChI is InChI=1S/C8H14O/c1-4-8(9)6-5-7(2)3/h4-5,8-9H,1,6H2,2-3H3/t8-/m0/s1. The predicted octanol–water partition coefficient (Wildman–Crippen LogP) is 1.89. The predicted molar refractivity (Wildman–Crippen MR) is 40.3 cm³/mol. The Labute approximate surface area is 56.7 Å². The molecule has 0 aliphatic heterocycles. The molecule has 0 aromatic heterocycles. The Kier molecular flexibility index (Phi) is 4.06. The lowest BCUT2D eigenvalue weighted by Gasteiger charge is -1.98. The van der Waals surface area contributed by atoms with Crippen molar-refractivity contribution in [2.75, 3.05) is 0 Å². The monoisotopic (exact) mass is 126 g/mol. The van der Waals surface area contributed by atoms with Crippen LogP contribution in [-0.4, -0.2) is 11.2 Å². The Hall–Kier alpha value is -0.560. The molecular weight excluding hydrogens is 112 g/mol. The van der Waals surface area contributed by atoms with Gasteiger partial charge >= 0.3 is 0 Å². The van der Waals surface area contributed by atoms with Crippen LogP contribution in [0.25, 0.3) is 0 Å². The zero-order chi connectivity index (χ0) is 7.28. The molecular formula is C8H14O. The van der Waals surface area contributed by atoms with E-state index in [0.29, 0.717) is 6.42 Å². The van der Waals surface area contributed by atoms with Crippen LogP contribution in [0.3, 0.4) is 0 Å². The molecule has 0 saturated carbocycles. The van der Waals surface area contributed by atoms with E-state index >= 15 is 0 Å². The van der Waals surface area contributed by atoms with Gasteiger partial charge in [0.15, 0.2) is 0 Å². The Morgan fingerprint density at radius 3 is 2.56 bits per heavy atom. The molecule has 0 saturated heterocycles. The molecule has 0 amide bonds. The molecule has 0 radical (unpaired) electrons. The van der Waals surface area contributed by atoms with Gasteiger partial charge in [-0.2, -0.15) is 0 Å². The van der Waals surface area contributed by atoms with Crippen LogP contribution < -0.4 is 0 Å². The number of allylic oxidation sites excluding steroid dienone is 1. The van der Waals surface area contributed by atoms with Crippen molar-refractivity contribution in [2.45, 2.75) is 26.4 Å². The molecule has 9 heavy (non-hydrogen) atoms. The van der Waals surface area contributed by atoms with Gasteiger partial charge in [0, 0.05) is 0 Å². The largest absolute Gasteiger partial charge is 0.389 e. The van der Waals surface area contributed by atoms with Crippen LogP contribution in [0, 0.1) is 0 Å². The first-order valence-electron chi connectivity index (χ1n) is 3.10. The molecule has 0 rings (SSSR count). The fourth-order valence-corrected chi connectivity index (χ4v) is 0.453. The van der Waals surface area contributed by atoms with Crippen LogP contribution in [0.2, 0.25) is 0 Å². The number of rotatable bonds is 3. The van der Waals surface area contributed by atoms with Crippen LogP contribution in [-0.2, 0) is 0 Å². The van der Waals surface area contributed by atoms with Gasteiger partial charge in [-0.25, -0.2) is 0 Å². The lowest BCUT2D eigenvalue weighted by molar-refractivity contribution is 0.227. The fraction of sp³-hybridized carbons (Fsp3) is 0.500. The van der Waals surface area contributed by atoms with Gasteiger partial charge in [0.05, 0.1) is 6.10 Å². The van der Waals surface area contributed by atoms with Crippen molar-refractivity contribution in [3.05, 3.63) is 24.3 Å². The lowest BCUT2D eigenvalue weighted by atomic mass is 10.2. The summed E-state index contributed by atoms with van der Waals surface area (Å²) in [6.45, 7) is 7.48. The molecule has 0 heterocycles. The third-order valence-electron chi connectivity index (χ3n) is 1.04. The van der Waals surface area contributed by atoms with Crippen molar-refractivity contribution in [1.29, 1.82) is 0 Å². The number of hydrogen-bond acceptors (Lipinski definition) is 1. The first-order valence-corrected chi connectivity index (χ1v) is 3.10. The SMILES string of the molecule is C=C[C@H](O)CC=C(C)C. The van der Waals surface area contributed by atoms with Crippen LogP contribution in [0.5, 0.6) is 0 Å². The molecule has 1 heteroatoms. The van der Waals surface area contributed by atoms with Gasteiger partial charge in [-0.1, -0.05) is 17.7 Å². The average Bonchev–Trinajstić information content (AvgIpc) is 1.83. The van der Waals surface area contributed by atoms with E-state index in [2.05, 4.69) is 6.58 Å². The normalized spacial score (nSPS) is 12.3. The molecule has 0 unspecified atom stereocenters. The van der Waals surface area contributed by atoms with E-state index in [1.54, 1.807) is 6.08 Å². The van der Waals surface area contributed by atoms with Crippen LogP contribution in [0.4, 0.5) is 0 Å². The minimum atomic E-state index is -0.375. The molecule has 0 aromatic rings. The molecule has 0 aliphatic rings. The molecule has 0 bridgehead atoms. The summed E-state index contributed by atoms with van der Waals surface area (Å²) < 4.78 is 0. The molecule has 0 aromatic carbocycles. The Morgan fingerprint density at radius 1 is 1.67 bits per heavy atom. The van der Waals surface area contributed by atoms with Gasteiger partial charge in [-0.05, 0) is 20.3 Å². The number of aliphatic hydroxyl groups excluding tert-OH is 1. The molecule has 1 atom stereocenters.